The number of anilines is 1. The average molecular weight is 236 g/mol. The Morgan fingerprint density at radius 2 is 1.94 bits per heavy atom. The fraction of sp³-hybridized carbons (Fsp3) is 0.462. The van der Waals surface area contributed by atoms with Crippen LogP contribution < -0.4 is 10.6 Å². The molecule has 0 heterocycles. The van der Waals surface area contributed by atoms with Crippen molar-refractivity contribution in [2.75, 3.05) is 11.9 Å². The van der Waals surface area contributed by atoms with Gasteiger partial charge in [0.15, 0.2) is 0 Å². The molecule has 4 nitrogen and oxygen atoms in total. The number of benzene rings is 1. The van der Waals surface area contributed by atoms with Crippen LogP contribution in [0.5, 0.6) is 0 Å². The number of aliphatic hydroxyl groups is 1. The summed E-state index contributed by atoms with van der Waals surface area (Å²) < 4.78 is 0. The largest absolute Gasteiger partial charge is 0.388 e. The summed E-state index contributed by atoms with van der Waals surface area (Å²) in [6.07, 6.45) is 0.595. The van der Waals surface area contributed by atoms with Gasteiger partial charge >= 0.3 is 6.03 Å². The number of rotatable bonds is 4. The summed E-state index contributed by atoms with van der Waals surface area (Å²) in [6, 6.07) is 7.23. The average Bonchev–Trinajstić information content (AvgIpc) is 2.30. The van der Waals surface area contributed by atoms with Gasteiger partial charge in [0, 0.05) is 12.2 Å². The molecular weight excluding hydrogens is 216 g/mol. The minimum atomic E-state index is -0.857. The fourth-order valence-electron chi connectivity index (χ4n) is 1.21. The Hall–Kier alpha value is -1.55. The maximum atomic E-state index is 11.5. The van der Waals surface area contributed by atoms with Gasteiger partial charge in [-0.15, -0.1) is 0 Å². The predicted molar refractivity (Wildman–Crippen MR) is 69.1 cm³/mol. The van der Waals surface area contributed by atoms with Crippen LogP contribution in [0.25, 0.3) is 0 Å². The first kappa shape index (κ1) is 13.5. The molecule has 2 amide bonds. The Morgan fingerprint density at radius 1 is 1.35 bits per heavy atom. The van der Waals surface area contributed by atoms with Crippen LogP contribution in [0.2, 0.25) is 0 Å². The molecule has 0 saturated heterocycles. The summed E-state index contributed by atoms with van der Waals surface area (Å²) in [7, 11) is 0. The van der Waals surface area contributed by atoms with Crippen LogP contribution in [0.15, 0.2) is 24.3 Å². The van der Waals surface area contributed by atoms with Crippen molar-refractivity contribution < 1.29 is 9.90 Å². The monoisotopic (exact) mass is 236 g/mol. The first-order valence-corrected chi connectivity index (χ1v) is 5.77. The molecule has 1 aromatic rings. The zero-order valence-corrected chi connectivity index (χ0v) is 10.6. The predicted octanol–water partition coefficient (Wildman–Crippen LogP) is 2.28. The normalized spacial score (nSPS) is 13.9. The Kier molecular flexibility index (Phi) is 4.52. The third-order valence-corrected chi connectivity index (χ3v) is 2.70. The molecular formula is C13H20N2O2. The molecule has 0 fully saturated rings. The van der Waals surface area contributed by atoms with E-state index in [4.69, 9.17) is 0 Å². The van der Waals surface area contributed by atoms with Gasteiger partial charge in [-0.3, -0.25) is 0 Å². The second-order valence-electron chi connectivity index (χ2n) is 4.52. The Labute approximate surface area is 102 Å². The highest BCUT2D eigenvalue weighted by Crippen LogP contribution is 2.09. The van der Waals surface area contributed by atoms with Crippen LogP contribution in [0.3, 0.4) is 0 Å². The van der Waals surface area contributed by atoms with Gasteiger partial charge in [-0.1, -0.05) is 24.6 Å². The summed E-state index contributed by atoms with van der Waals surface area (Å²) in [5.41, 5.74) is 1.03. The van der Waals surface area contributed by atoms with Crippen molar-refractivity contribution in [3.05, 3.63) is 29.8 Å². The number of carbonyl (C=O) groups is 1. The van der Waals surface area contributed by atoms with Crippen molar-refractivity contribution in [2.24, 2.45) is 0 Å². The van der Waals surface area contributed by atoms with E-state index in [1.54, 1.807) is 6.92 Å². The van der Waals surface area contributed by atoms with Gasteiger partial charge in [0.1, 0.15) is 0 Å². The lowest BCUT2D eigenvalue weighted by Gasteiger charge is -2.21. The third-order valence-electron chi connectivity index (χ3n) is 2.70. The fourth-order valence-corrected chi connectivity index (χ4v) is 1.21. The van der Waals surface area contributed by atoms with E-state index in [9.17, 15) is 9.90 Å². The van der Waals surface area contributed by atoms with Gasteiger partial charge in [-0.2, -0.15) is 0 Å². The summed E-state index contributed by atoms with van der Waals surface area (Å²) in [5, 5.41) is 15.1. The molecule has 94 valence electrons. The lowest BCUT2D eigenvalue weighted by atomic mass is 10.0. The van der Waals surface area contributed by atoms with Crippen LogP contribution in [0, 0.1) is 6.92 Å². The quantitative estimate of drug-likeness (QED) is 0.751. The molecule has 1 rings (SSSR count). The molecule has 0 saturated carbocycles. The summed E-state index contributed by atoms with van der Waals surface area (Å²) in [6.45, 7) is 5.79. The number of amides is 2. The Bertz CT molecular complexity index is 372. The first-order valence-electron chi connectivity index (χ1n) is 5.77. The molecule has 1 aromatic carbocycles. The number of hydrogen-bond acceptors (Lipinski definition) is 2. The van der Waals surface area contributed by atoms with Crippen molar-refractivity contribution in [3.8, 4) is 0 Å². The number of aryl methyl sites for hydroxylation is 1. The molecule has 0 radical (unpaired) electrons. The van der Waals surface area contributed by atoms with E-state index in [0.717, 1.165) is 11.3 Å². The first-order chi connectivity index (χ1) is 7.93. The molecule has 0 aliphatic rings. The van der Waals surface area contributed by atoms with Crippen LogP contribution in [0.1, 0.15) is 25.8 Å². The molecule has 1 atom stereocenters. The number of nitrogens with one attached hydrogen (secondary N) is 2. The van der Waals surface area contributed by atoms with E-state index in [1.807, 2.05) is 38.1 Å². The number of urea groups is 1. The molecule has 0 aliphatic carbocycles. The molecule has 17 heavy (non-hydrogen) atoms. The third kappa shape index (κ3) is 4.87. The SMILES string of the molecule is CCC(C)(O)CNC(=O)Nc1ccc(C)cc1. The second-order valence-corrected chi connectivity index (χ2v) is 4.52. The summed E-state index contributed by atoms with van der Waals surface area (Å²) >= 11 is 0. The van der Waals surface area contributed by atoms with Crippen molar-refractivity contribution in [2.45, 2.75) is 32.8 Å². The van der Waals surface area contributed by atoms with Gasteiger partial charge in [-0.25, -0.2) is 4.79 Å². The Balaban J connectivity index is 2.42. The molecule has 1 unspecified atom stereocenters. The van der Waals surface area contributed by atoms with Crippen LogP contribution in [0.4, 0.5) is 10.5 Å². The van der Waals surface area contributed by atoms with Gasteiger partial charge < -0.3 is 15.7 Å². The summed E-state index contributed by atoms with van der Waals surface area (Å²) in [4.78, 5) is 11.5. The highest BCUT2D eigenvalue weighted by atomic mass is 16.3. The topological polar surface area (TPSA) is 61.4 Å². The molecule has 4 heteroatoms. The molecule has 0 spiro atoms. The van der Waals surface area contributed by atoms with Crippen LogP contribution in [-0.4, -0.2) is 23.3 Å². The Morgan fingerprint density at radius 3 is 2.47 bits per heavy atom. The number of carbonyl (C=O) groups excluding carboxylic acids is 1. The van der Waals surface area contributed by atoms with Crippen LogP contribution in [-0.2, 0) is 0 Å². The molecule has 3 N–H and O–H groups in total. The van der Waals surface area contributed by atoms with Crippen molar-refractivity contribution in [3.63, 3.8) is 0 Å². The van der Waals surface area contributed by atoms with Crippen molar-refractivity contribution >= 4 is 11.7 Å². The smallest absolute Gasteiger partial charge is 0.319 e. The maximum Gasteiger partial charge on any atom is 0.319 e. The highest BCUT2D eigenvalue weighted by molar-refractivity contribution is 5.89. The zero-order valence-electron chi connectivity index (χ0n) is 10.6. The zero-order chi connectivity index (χ0) is 12.9. The van der Waals surface area contributed by atoms with Gasteiger partial charge in [0.05, 0.1) is 5.60 Å². The van der Waals surface area contributed by atoms with Gasteiger partial charge in [-0.05, 0) is 32.4 Å². The van der Waals surface area contributed by atoms with E-state index >= 15 is 0 Å². The maximum absolute atomic E-state index is 11.5. The lowest BCUT2D eigenvalue weighted by Crippen LogP contribution is -2.41. The number of hydrogen-bond donors (Lipinski definition) is 3. The van der Waals surface area contributed by atoms with E-state index < -0.39 is 5.60 Å². The van der Waals surface area contributed by atoms with Crippen molar-refractivity contribution in [1.82, 2.24) is 5.32 Å². The van der Waals surface area contributed by atoms with E-state index in [2.05, 4.69) is 10.6 Å². The minimum absolute atomic E-state index is 0.237. The second kappa shape index (κ2) is 5.68. The molecule has 0 aliphatic heterocycles. The van der Waals surface area contributed by atoms with Crippen molar-refractivity contribution in [1.29, 1.82) is 0 Å². The highest BCUT2D eigenvalue weighted by Gasteiger charge is 2.18. The standard InChI is InChI=1S/C13H20N2O2/c1-4-13(3,17)9-14-12(16)15-11-7-5-10(2)6-8-11/h5-8,17H,4,9H2,1-3H3,(H2,14,15,16). The van der Waals surface area contributed by atoms with E-state index in [1.165, 1.54) is 0 Å². The van der Waals surface area contributed by atoms with Gasteiger partial charge in [0.2, 0.25) is 0 Å². The lowest BCUT2D eigenvalue weighted by molar-refractivity contribution is 0.0587. The summed E-state index contributed by atoms with van der Waals surface area (Å²) in [5.74, 6) is 0. The van der Waals surface area contributed by atoms with Gasteiger partial charge in [0.25, 0.3) is 0 Å². The van der Waals surface area contributed by atoms with Crippen LogP contribution >= 0.6 is 0 Å². The minimum Gasteiger partial charge on any atom is -0.388 e. The van der Waals surface area contributed by atoms with E-state index in [0.29, 0.717) is 6.42 Å². The molecule has 0 aromatic heterocycles. The molecule has 0 bridgehead atoms. The van der Waals surface area contributed by atoms with E-state index in [-0.39, 0.29) is 12.6 Å².